The average molecular weight is 301 g/mol. The molecule has 0 spiro atoms. The van der Waals surface area contributed by atoms with Crippen LogP contribution in [0.2, 0.25) is 0 Å². The lowest BCUT2D eigenvalue weighted by atomic mass is 10.1. The van der Waals surface area contributed by atoms with Crippen molar-refractivity contribution in [2.75, 3.05) is 14.1 Å². The second-order valence-electron chi connectivity index (χ2n) is 5.75. The molecule has 4 heteroatoms. The van der Waals surface area contributed by atoms with Crippen LogP contribution in [0.4, 0.5) is 4.39 Å². The first-order valence-electron chi connectivity index (χ1n) is 7.41. The first-order chi connectivity index (χ1) is 10.5. The van der Waals surface area contributed by atoms with Crippen molar-refractivity contribution in [1.29, 1.82) is 0 Å². The summed E-state index contributed by atoms with van der Waals surface area (Å²) in [6.45, 7) is 1.43. The van der Waals surface area contributed by atoms with Gasteiger partial charge in [-0.25, -0.2) is 4.39 Å². The SMILES string of the molecule is C[NH+](C)Cc1ccc(CNC(=O)Cc2ccccc2F)cc1. The van der Waals surface area contributed by atoms with Crippen molar-refractivity contribution in [3.05, 3.63) is 71.0 Å². The third-order valence-corrected chi connectivity index (χ3v) is 3.38. The van der Waals surface area contributed by atoms with Crippen LogP contribution in [0.15, 0.2) is 48.5 Å². The fraction of sp³-hybridized carbons (Fsp3) is 0.278. The van der Waals surface area contributed by atoms with Gasteiger partial charge in [-0.05, 0) is 17.2 Å². The van der Waals surface area contributed by atoms with Gasteiger partial charge in [0, 0.05) is 12.1 Å². The summed E-state index contributed by atoms with van der Waals surface area (Å²) < 4.78 is 13.5. The molecule has 0 radical (unpaired) electrons. The lowest BCUT2D eigenvalue weighted by Gasteiger charge is -2.09. The standard InChI is InChI=1S/C18H21FN2O/c1-21(2)13-15-9-7-14(8-10-15)12-20-18(22)11-16-5-3-4-6-17(16)19/h3-10H,11-13H2,1-2H3,(H,20,22)/p+1. The van der Waals surface area contributed by atoms with Crippen LogP contribution in [0.3, 0.4) is 0 Å². The highest BCUT2D eigenvalue weighted by molar-refractivity contribution is 5.78. The summed E-state index contributed by atoms with van der Waals surface area (Å²) in [5, 5.41) is 2.82. The normalized spacial score (nSPS) is 10.7. The minimum Gasteiger partial charge on any atom is -0.352 e. The number of amides is 1. The molecule has 0 atom stereocenters. The van der Waals surface area contributed by atoms with Crippen molar-refractivity contribution in [2.24, 2.45) is 0 Å². The molecule has 3 nitrogen and oxygen atoms in total. The van der Waals surface area contributed by atoms with Gasteiger partial charge in [-0.15, -0.1) is 0 Å². The number of quaternary nitrogens is 1. The molecule has 1 amide bonds. The van der Waals surface area contributed by atoms with E-state index in [2.05, 4.69) is 31.5 Å². The van der Waals surface area contributed by atoms with Gasteiger partial charge in [-0.1, -0.05) is 42.5 Å². The number of rotatable bonds is 6. The Morgan fingerprint density at radius 2 is 1.68 bits per heavy atom. The molecule has 0 saturated heterocycles. The molecule has 22 heavy (non-hydrogen) atoms. The maximum atomic E-state index is 13.5. The van der Waals surface area contributed by atoms with E-state index in [9.17, 15) is 9.18 Å². The Balaban J connectivity index is 1.85. The number of benzene rings is 2. The molecular weight excluding hydrogens is 279 g/mol. The summed E-state index contributed by atoms with van der Waals surface area (Å²) in [5.41, 5.74) is 2.73. The Bertz CT molecular complexity index is 623. The second kappa shape index (κ2) is 7.71. The lowest BCUT2D eigenvalue weighted by molar-refractivity contribution is -0.872. The number of nitrogens with one attached hydrogen (secondary N) is 2. The fourth-order valence-corrected chi connectivity index (χ4v) is 2.26. The van der Waals surface area contributed by atoms with E-state index in [1.807, 2.05) is 12.1 Å². The Labute approximate surface area is 130 Å². The Morgan fingerprint density at radius 3 is 2.32 bits per heavy atom. The summed E-state index contributed by atoms with van der Waals surface area (Å²) in [6, 6.07) is 14.5. The van der Waals surface area contributed by atoms with Crippen LogP contribution in [0.25, 0.3) is 0 Å². The molecule has 2 aromatic carbocycles. The zero-order chi connectivity index (χ0) is 15.9. The first kappa shape index (κ1) is 16.2. The minimum atomic E-state index is -0.340. The van der Waals surface area contributed by atoms with Gasteiger partial charge in [0.2, 0.25) is 5.91 Å². The van der Waals surface area contributed by atoms with Crippen molar-refractivity contribution in [3.63, 3.8) is 0 Å². The van der Waals surface area contributed by atoms with Crippen molar-refractivity contribution >= 4 is 5.91 Å². The van der Waals surface area contributed by atoms with E-state index in [1.54, 1.807) is 18.2 Å². The molecule has 0 aliphatic carbocycles. The minimum absolute atomic E-state index is 0.0642. The molecule has 2 N–H and O–H groups in total. The summed E-state index contributed by atoms with van der Waals surface area (Å²) in [7, 11) is 4.22. The number of hydrogen-bond acceptors (Lipinski definition) is 1. The highest BCUT2D eigenvalue weighted by atomic mass is 19.1. The van der Waals surface area contributed by atoms with E-state index in [0.717, 1.165) is 12.1 Å². The van der Waals surface area contributed by atoms with E-state index in [4.69, 9.17) is 0 Å². The summed E-state index contributed by atoms with van der Waals surface area (Å²) >= 11 is 0. The molecule has 0 bridgehead atoms. The molecule has 0 unspecified atom stereocenters. The van der Waals surface area contributed by atoms with Crippen LogP contribution in [0.1, 0.15) is 16.7 Å². The molecule has 2 aromatic rings. The van der Waals surface area contributed by atoms with Gasteiger partial charge in [0.05, 0.1) is 20.5 Å². The third kappa shape index (κ3) is 4.97. The smallest absolute Gasteiger partial charge is 0.224 e. The monoisotopic (exact) mass is 301 g/mol. The summed E-state index contributed by atoms with van der Waals surface area (Å²) in [5.74, 6) is -0.514. The molecule has 116 valence electrons. The Hall–Kier alpha value is -2.20. The average Bonchev–Trinajstić information content (AvgIpc) is 2.48. The van der Waals surface area contributed by atoms with Crippen LogP contribution < -0.4 is 10.2 Å². The fourth-order valence-electron chi connectivity index (χ4n) is 2.26. The van der Waals surface area contributed by atoms with Crippen LogP contribution in [-0.4, -0.2) is 20.0 Å². The number of carbonyl (C=O) groups excluding carboxylic acids is 1. The van der Waals surface area contributed by atoms with Gasteiger partial charge in [0.15, 0.2) is 0 Å². The van der Waals surface area contributed by atoms with Gasteiger partial charge in [-0.2, -0.15) is 0 Å². The molecule has 2 rings (SSSR count). The maximum Gasteiger partial charge on any atom is 0.224 e. The van der Waals surface area contributed by atoms with Crippen molar-refractivity contribution < 1.29 is 14.1 Å². The molecule has 0 fully saturated rings. The Kier molecular flexibility index (Phi) is 5.67. The third-order valence-electron chi connectivity index (χ3n) is 3.38. The van der Waals surface area contributed by atoms with E-state index < -0.39 is 0 Å². The number of hydrogen-bond donors (Lipinski definition) is 2. The molecule has 0 saturated carbocycles. The summed E-state index contributed by atoms with van der Waals surface area (Å²) in [4.78, 5) is 13.2. The topological polar surface area (TPSA) is 33.5 Å². The van der Waals surface area contributed by atoms with Crippen LogP contribution in [0.5, 0.6) is 0 Å². The zero-order valence-corrected chi connectivity index (χ0v) is 13.0. The molecule has 0 aromatic heterocycles. The van der Waals surface area contributed by atoms with E-state index in [1.165, 1.54) is 16.5 Å². The highest BCUT2D eigenvalue weighted by Crippen LogP contribution is 2.07. The van der Waals surface area contributed by atoms with Crippen LogP contribution in [-0.2, 0) is 24.3 Å². The second-order valence-corrected chi connectivity index (χ2v) is 5.75. The van der Waals surface area contributed by atoms with Gasteiger partial charge >= 0.3 is 0 Å². The quantitative estimate of drug-likeness (QED) is 0.829. The summed E-state index contributed by atoms with van der Waals surface area (Å²) in [6.07, 6.45) is 0.0642. The first-order valence-corrected chi connectivity index (χ1v) is 7.41. The predicted molar refractivity (Wildman–Crippen MR) is 84.9 cm³/mol. The Morgan fingerprint density at radius 1 is 1.05 bits per heavy atom. The van der Waals surface area contributed by atoms with E-state index >= 15 is 0 Å². The molecule has 0 aliphatic heterocycles. The lowest BCUT2D eigenvalue weighted by Crippen LogP contribution is -3.04. The van der Waals surface area contributed by atoms with Crippen molar-refractivity contribution in [2.45, 2.75) is 19.5 Å². The predicted octanol–water partition coefficient (Wildman–Crippen LogP) is 1.33. The molecule has 0 aliphatic rings. The van der Waals surface area contributed by atoms with E-state index in [-0.39, 0.29) is 18.1 Å². The van der Waals surface area contributed by atoms with Crippen molar-refractivity contribution in [3.8, 4) is 0 Å². The van der Waals surface area contributed by atoms with Gasteiger partial charge in [0.25, 0.3) is 0 Å². The van der Waals surface area contributed by atoms with Crippen molar-refractivity contribution in [1.82, 2.24) is 5.32 Å². The number of halogens is 1. The highest BCUT2D eigenvalue weighted by Gasteiger charge is 2.07. The zero-order valence-electron chi connectivity index (χ0n) is 13.0. The van der Waals surface area contributed by atoms with Gasteiger partial charge < -0.3 is 10.2 Å². The van der Waals surface area contributed by atoms with Gasteiger partial charge in [-0.3, -0.25) is 4.79 Å². The van der Waals surface area contributed by atoms with Crippen LogP contribution >= 0.6 is 0 Å². The maximum absolute atomic E-state index is 13.5. The molecule has 0 heterocycles. The number of carbonyl (C=O) groups is 1. The van der Waals surface area contributed by atoms with Gasteiger partial charge in [0.1, 0.15) is 12.4 Å². The largest absolute Gasteiger partial charge is 0.352 e. The molecular formula is C18H22FN2O+. The van der Waals surface area contributed by atoms with E-state index in [0.29, 0.717) is 12.1 Å². The van der Waals surface area contributed by atoms with Crippen LogP contribution in [0, 0.1) is 5.82 Å².